The maximum absolute atomic E-state index is 12.4. The van der Waals surface area contributed by atoms with Gasteiger partial charge < -0.3 is 5.11 Å². The summed E-state index contributed by atoms with van der Waals surface area (Å²) >= 11 is 0. The lowest BCUT2D eigenvalue weighted by Gasteiger charge is -2.60. The Balaban J connectivity index is 1.69. The third kappa shape index (κ3) is 1.78. The minimum atomic E-state index is -0.353. The number of rotatable bonds is 0. The van der Waals surface area contributed by atoms with E-state index in [4.69, 9.17) is 0 Å². The molecule has 0 bridgehead atoms. The minimum absolute atomic E-state index is 0.100. The Bertz CT molecular complexity index is 527. The molecule has 4 saturated carbocycles. The smallest absolute Gasteiger partial charge is 0.139 e. The number of aliphatic hydroxyl groups is 1. The molecule has 7 atom stereocenters. The van der Waals surface area contributed by atoms with Crippen molar-refractivity contribution < 1.29 is 14.7 Å². The SMILES string of the molecule is C[C@]12CCC3C(C[C@@H](O)[C@H]4CC(=O)CC[C@]34C)C1CCC2=O. The Kier molecular flexibility index (Phi) is 3.15. The van der Waals surface area contributed by atoms with Gasteiger partial charge >= 0.3 is 0 Å². The Hall–Kier alpha value is -0.700. The van der Waals surface area contributed by atoms with Gasteiger partial charge in [-0.1, -0.05) is 13.8 Å². The first kappa shape index (κ1) is 14.9. The van der Waals surface area contributed by atoms with E-state index in [-0.39, 0.29) is 22.9 Å². The summed E-state index contributed by atoms with van der Waals surface area (Å²) in [5.74, 6) is 2.47. The van der Waals surface area contributed by atoms with Crippen LogP contribution in [0.2, 0.25) is 0 Å². The highest BCUT2D eigenvalue weighted by Crippen LogP contribution is 2.65. The molecule has 4 rings (SSSR count). The molecule has 0 saturated heterocycles. The predicted octanol–water partition coefficient (Wildman–Crippen LogP) is 3.14. The summed E-state index contributed by atoms with van der Waals surface area (Å²) in [7, 11) is 0. The first-order valence-corrected chi connectivity index (χ1v) is 9.09. The fourth-order valence-electron chi connectivity index (χ4n) is 6.86. The zero-order valence-corrected chi connectivity index (χ0v) is 13.8. The van der Waals surface area contributed by atoms with Crippen molar-refractivity contribution in [2.24, 2.45) is 34.5 Å². The number of hydrogen-bond donors (Lipinski definition) is 1. The van der Waals surface area contributed by atoms with Gasteiger partial charge in [0.25, 0.3) is 0 Å². The highest BCUT2D eigenvalue weighted by atomic mass is 16.3. The van der Waals surface area contributed by atoms with Crippen molar-refractivity contribution in [1.29, 1.82) is 0 Å². The van der Waals surface area contributed by atoms with E-state index in [1.165, 1.54) is 0 Å². The van der Waals surface area contributed by atoms with E-state index < -0.39 is 0 Å². The second kappa shape index (κ2) is 4.66. The third-order valence-electron chi connectivity index (χ3n) is 8.21. The van der Waals surface area contributed by atoms with Gasteiger partial charge in [0.15, 0.2) is 0 Å². The number of fused-ring (bicyclic) bond motifs is 5. The van der Waals surface area contributed by atoms with Gasteiger partial charge in [-0.2, -0.15) is 0 Å². The topological polar surface area (TPSA) is 54.4 Å². The van der Waals surface area contributed by atoms with Crippen LogP contribution in [-0.2, 0) is 9.59 Å². The van der Waals surface area contributed by atoms with Gasteiger partial charge in [-0.25, -0.2) is 0 Å². The van der Waals surface area contributed by atoms with Gasteiger partial charge in [-0.3, -0.25) is 9.59 Å². The first-order valence-electron chi connectivity index (χ1n) is 9.09. The molecular formula is C19H28O3. The summed E-state index contributed by atoms with van der Waals surface area (Å²) in [6.45, 7) is 4.50. The van der Waals surface area contributed by atoms with E-state index >= 15 is 0 Å². The number of Topliss-reactive ketones (excluding diaryl/α,β-unsaturated/α-hetero) is 2. The van der Waals surface area contributed by atoms with Crippen molar-refractivity contribution in [3.63, 3.8) is 0 Å². The molecule has 0 radical (unpaired) electrons. The van der Waals surface area contributed by atoms with Crippen molar-refractivity contribution in [1.82, 2.24) is 0 Å². The summed E-state index contributed by atoms with van der Waals surface area (Å²) in [5.41, 5.74) is -0.0300. The predicted molar refractivity (Wildman–Crippen MR) is 83.1 cm³/mol. The van der Waals surface area contributed by atoms with Crippen LogP contribution in [0, 0.1) is 34.5 Å². The van der Waals surface area contributed by atoms with E-state index in [2.05, 4.69) is 13.8 Å². The zero-order valence-electron chi connectivity index (χ0n) is 13.8. The van der Waals surface area contributed by atoms with Gasteiger partial charge in [0.1, 0.15) is 11.6 Å². The van der Waals surface area contributed by atoms with Gasteiger partial charge in [0, 0.05) is 24.7 Å². The van der Waals surface area contributed by atoms with Crippen LogP contribution in [-0.4, -0.2) is 22.8 Å². The summed E-state index contributed by atoms with van der Waals surface area (Å²) < 4.78 is 0. The van der Waals surface area contributed by atoms with E-state index in [0.717, 1.165) is 38.5 Å². The van der Waals surface area contributed by atoms with Crippen LogP contribution < -0.4 is 0 Å². The monoisotopic (exact) mass is 304 g/mol. The summed E-state index contributed by atoms with van der Waals surface area (Å²) in [5, 5.41) is 10.8. The number of hydrogen-bond acceptors (Lipinski definition) is 3. The summed E-state index contributed by atoms with van der Waals surface area (Å²) in [6, 6.07) is 0. The molecule has 3 unspecified atom stereocenters. The lowest BCUT2D eigenvalue weighted by molar-refractivity contribution is -0.165. The van der Waals surface area contributed by atoms with Gasteiger partial charge in [-0.05, 0) is 61.2 Å². The van der Waals surface area contributed by atoms with Crippen LogP contribution in [0.15, 0.2) is 0 Å². The van der Waals surface area contributed by atoms with E-state index in [0.29, 0.717) is 42.2 Å². The van der Waals surface area contributed by atoms with E-state index in [1.54, 1.807) is 0 Å². The molecule has 3 heteroatoms. The fraction of sp³-hybridized carbons (Fsp3) is 0.895. The van der Waals surface area contributed by atoms with Crippen LogP contribution in [0.1, 0.15) is 65.2 Å². The molecule has 22 heavy (non-hydrogen) atoms. The van der Waals surface area contributed by atoms with Crippen LogP contribution in [0.5, 0.6) is 0 Å². The molecule has 4 aliphatic carbocycles. The van der Waals surface area contributed by atoms with Crippen molar-refractivity contribution >= 4 is 11.6 Å². The lowest BCUT2D eigenvalue weighted by Crippen LogP contribution is -2.57. The third-order valence-corrected chi connectivity index (χ3v) is 8.21. The number of ketones is 2. The Morgan fingerprint density at radius 1 is 1.00 bits per heavy atom. The van der Waals surface area contributed by atoms with E-state index in [1.807, 2.05) is 0 Å². The largest absolute Gasteiger partial charge is 0.393 e. The summed E-state index contributed by atoms with van der Waals surface area (Å²) in [6.07, 6.45) is 6.53. The molecular weight excluding hydrogens is 276 g/mol. The highest BCUT2D eigenvalue weighted by Gasteiger charge is 2.62. The van der Waals surface area contributed by atoms with Crippen molar-refractivity contribution in [3.8, 4) is 0 Å². The lowest BCUT2D eigenvalue weighted by atomic mass is 9.44. The van der Waals surface area contributed by atoms with Crippen LogP contribution in [0.25, 0.3) is 0 Å². The highest BCUT2D eigenvalue weighted by molar-refractivity contribution is 5.87. The molecule has 0 aromatic rings. The van der Waals surface area contributed by atoms with Gasteiger partial charge in [-0.15, -0.1) is 0 Å². The van der Waals surface area contributed by atoms with Crippen molar-refractivity contribution in [3.05, 3.63) is 0 Å². The fourth-order valence-corrected chi connectivity index (χ4v) is 6.86. The standard InChI is InChI=1S/C19H28O3/c1-18-7-5-11(20)9-15(18)16(21)10-12-13-3-4-17(22)19(13,2)8-6-14(12)18/h12-16,21H,3-10H2,1-2H3/t12?,13?,14?,15-,16-,18-,19+/m1/s1. The molecule has 4 fully saturated rings. The van der Waals surface area contributed by atoms with E-state index in [9.17, 15) is 14.7 Å². The minimum Gasteiger partial charge on any atom is -0.393 e. The second-order valence-electron chi connectivity index (χ2n) is 8.95. The molecule has 3 nitrogen and oxygen atoms in total. The average molecular weight is 304 g/mol. The molecule has 4 aliphatic rings. The average Bonchev–Trinajstić information content (AvgIpc) is 2.77. The molecule has 0 aromatic carbocycles. The van der Waals surface area contributed by atoms with Crippen LogP contribution in [0.4, 0.5) is 0 Å². The van der Waals surface area contributed by atoms with Crippen LogP contribution >= 0.6 is 0 Å². The first-order chi connectivity index (χ1) is 10.4. The van der Waals surface area contributed by atoms with Gasteiger partial charge in [0.2, 0.25) is 0 Å². The molecule has 0 aromatic heterocycles. The molecule has 0 aliphatic heterocycles. The molecule has 0 spiro atoms. The molecule has 122 valence electrons. The quantitative estimate of drug-likeness (QED) is 0.748. The maximum atomic E-state index is 12.4. The number of aliphatic hydroxyl groups excluding tert-OH is 1. The zero-order chi connectivity index (χ0) is 15.7. The Morgan fingerprint density at radius 2 is 1.77 bits per heavy atom. The number of carbonyl (C=O) groups is 2. The maximum Gasteiger partial charge on any atom is 0.139 e. The number of carbonyl (C=O) groups excluding carboxylic acids is 2. The van der Waals surface area contributed by atoms with Crippen molar-refractivity contribution in [2.45, 2.75) is 71.3 Å². The molecule has 1 N–H and O–H groups in total. The molecule has 0 amide bonds. The Labute approximate surface area is 132 Å². The molecule has 0 heterocycles. The van der Waals surface area contributed by atoms with Gasteiger partial charge in [0.05, 0.1) is 6.10 Å². The summed E-state index contributed by atoms with van der Waals surface area (Å²) in [4.78, 5) is 24.3. The Morgan fingerprint density at radius 3 is 2.55 bits per heavy atom. The normalized spacial score (nSPS) is 54.6. The van der Waals surface area contributed by atoms with Crippen molar-refractivity contribution in [2.75, 3.05) is 0 Å². The second-order valence-corrected chi connectivity index (χ2v) is 8.95. The van der Waals surface area contributed by atoms with Crippen LogP contribution in [0.3, 0.4) is 0 Å².